The third kappa shape index (κ3) is 4.69. The first-order valence-corrected chi connectivity index (χ1v) is 10.6. The molecule has 3 rings (SSSR count). The zero-order chi connectivity index (χ0) is 21.7. The quantitative estimate of drug-likeness (QED) is 0.452. The molecule has 2 N–H and O–H groups in total. The van der Waals surface area contributed by atoms with Crippen molar-refractivity contribution in [1.29, 1.82) is 0 Å². The van der Waals surface area contributed by atoms with Crippen molar-refractivity contribution in [3.8, 4) is 0 Å². The lowest BCUT2D eigenvalue weighted by molar-refractivity contribution is -0.146. The highest BCUT2D eigenvalue weighted by atomic mass is 35.5. The van der Waals surface area contributed by atoms with Crippen molar-refractivity contribution in [3.63, 3.8) is 0 Å². The van der Waals surface area contributed by atoms with Gasteiger partial charge >= 0.3 is 6.09 Å². The first kappa shape index (κ1) is 22.7. The summed E-state index contributed by atoms with van der Waals surface area (Å²) in [4.78, 5) is 20.0. The Labute approximate surface area is 180 Å². The van der Waals surface area contributed by atoms with E-state index in [1.54, 1.807) is 13.3 Å². The van der Waals surface area contributed by atoms with E-state index < -0.39 is 17.9 Å². The number of carboxylic acid groups (broad SMARTS) is 1. The number of fused-ring (bicyclic) bond motifs is 1. The predicted octanol–water partition coefficient (Wildman–Crippen LogP) is 3.71. The number of carbonyl (C=O) groups is 1. The molecule has 0 saturated heterocycles. The lowest BCUT2D eigenvalue weighted by Gasteiger charge is -2.43. The molecule has 0 aromatic carbocycles. The minimum absolute atomic E-state index is 0.129. The summed E-state index contributed by atoms with van der Waals surface area (Å²) in [5.41, 5.74) is 0.847. The predicted molar refractivity (Wildman–Crippen MR) is 112 cm³/mol. The summed E-state index contributed by atoms with van der Waals surface area (Å²) in [6, 6.07) is 1.94. The van der Waals surface area contributed by atoms with E-state index in [-0.39, 0.29) is 17.9 Å². The molecule has 1 fully saturated rings. The fourth-order valence-electron chi connectivity index (χ4n) is 4.27. The summed E-state index contributed by atoms with van der Waals surface area (Å²) >= 11 is 6.13. The molecule has 0 unspecified atom stereocenters. The molecule has 30 heavy (non-hydrogen) atoms. The van der Waals surface area contributed by atoms with Crippen LogP contribution in [0.2, 0.25) is 5.28 Å². The van der Waals surface area contributed by atoms with Crippen LogP contribution in [0.4, 0.5) is 4.79 Å². The number of nitrogens with zero attached hydrogens (tertiary/aromatic N) is 3. The van der Waals surface area contributed by atoms with Gasteiger partial charge in [-0.2, -0.15) is 4.98 Å². The van der Waals surface area contributed by atoms with Crippen molar-refractivity contribution in [2.75, 3.05) is 26.9 Å². The standard InChI is InChI=1S/C20H29ClN4O5/c1-4-29-17(30-5-2)15-10-13-11-22-18(21)24-16(13)25(15)20(12-23-19(26)27)8-6-14(28-3)7-9-20/h10-11,14,17,23H,4-9,12H2,1-3H3,(H,26,27)/t14-,20+. The van der Waals surface area contributed by atoms with Crippen molar-refractivity contribution in [3.05, 3.63) is 23.2 Å². The summed E-state index contributed by atoms with van der Waals surface area (Å²) in [6.45, 7) is 4.96. The Kier molecular flexibility index (Phi) is 7.51. The maximum absolute atomic E-state index is 11.4. The SMILES string of the molecule is CCOC(OCC)c1cc2cnc(Cl)nc2n1[C@]1(CNC(=O)O)CC[C@H](OC)CC1. The van der Waals surface area contributed by atoms with Crippen LogP contribution in [-0.4, -0.2) is 58.7 Å². The summed E-state index contributed by atoms with van der Waals surface area (Å²) in [7, 11) is 1.71. The Hall–Kier alpha value is -1.94. The second-order valence-corrected chi connectivity index (χ2v) is 7.72. The molecule has 0 atom stereocenters. The highest BCUT2D eigenvalue weighted by Crippen LogP contribution is 2.41. The van der Waals surface area contributed by atoms with Gasteiger partial charge in [0, 0.05) is 38.5 Å². The third-order valence-electron chi connectivity index (χ3n) is 5.66. The summed E-state index contributed by atoms with van der Waals surface area (Å²) < 4.78 is 19.4. The largest absolute Gasteiger partial charge is 0.465 e. The first-order valence-electron chi connectivity index (χ1n) is 10.2. The number of amides is 1. The number of halogens is 1. The molecule has 1 aliphatic rings. The van der Waals surface area contributed by atoms with E-state index in [0.29, 0.717) is 31.7 Å². The van der Waals surface area contributed by atoms with Gasteiger partial charge in [-0.05, 0) is 57.2 Å². The molecule has 10 heteroatoms. The minimum atomic E-state index is -1.07. The van der Waals surface area contributed by atoms with Crippen molar-refractivity contribution in [1.82, 2.24) is 19.9 Å². The summed E-state index contributed by atoms with van der Waals surface area (Å²) in [5, 5.41) is 12.8. The highest BCUT2D eigenvalue weighted by molar-refractivity contribution is 6.28. The normalized spacial score (nSPS) is 22.0. The van der Waals surface area contributed by atoms with Crippen molar-refractivity contribution in [2.45, 2.75) is 57.5 Å². The van der Waals surface area contributed by atoms with Gasteiger partial charge in [0.1, 0.15) is 5.65 Å². The monoisotopic (exact) mass is 440 g/mol. The Bertz CT molecular complexity index is 860. The van der Waals surface area contributed by atoms with E-state index in [9.17, 15) is 9.90 Å². The van der Waals surface area contributed by atoms with Gasteiger partial charge < -0.3 is 29.2 Å². The number of methoxy groups -OCH3 is 1. The second kappa shape index (κ2) is 9.91. The molecule has 0 aliphatic heterocycles. The zero-order valence-corrected chi connectivity index (χ0v) is 18.3. The Balaban J connectivity index is 2.18. The topological polar surface area (TPSA) is 108 Å². The number of aromatic nitrogens is 3. The first-order chi connectivity index (χ1) is 14.4. The average Bonchev–Trinajstić information content (AvgIpc) is 3.11. The van der Waals surface area contributed by atoms with E-state index in [0.717, 1.165) is 23.9 Å². The van der Waals surface area contributed by atoms with E-state index in [4.69, 9.17) is 25.8 Å². The zero-order valence-electron chi connectivity index (χ0n) is 17.6. The van der Waals surface area contributed by atoms with Gasteiger partial charge in [0.05, 0.1) is 17.3 Å². The van der Waals surface area contributed by atoms with Crippen LogP contribution in [0.15, 0.2) is 12.3 Å². The van der Waals surface area contributed by atoms with Gasteiger partial charge in [0.15, 0.2) is 6.29 Å². The molecule has 1 saturated carbocycles. The van der Waals surface area contributed by atoms with Crippen LogP contribution in [-0.2, 0) is 19.7 Å². The smallest absolute Gasteiger partial charge is 0.404 e. The van der Waals surface area contributed by atoms with Crippen LogP contribution in [0.25, 0.3) is 11.0 Å². The number of hydrogen-bond donors (Lipinski definition) is 2. The number of ether oxygens (including phenoxy) is 3. The van der Waals surface area contributed by atoms with E-state index in [2.05, 4.69) is 15.3 Å². The Morgan fingerprint density at radius 3 is 2.60 bits per heavy atom. The van der Waals surface area contributed by atoms with Crippen LogP contribution >= 0.6 is 11.6 Å². The molecular formula is C20H29ClN4O5. The fourth-order valence-corrected chi connectivity index (χ4v) is 4.39. The molecule has 9 nitrogen and oxygen atoms in total. The van der Waals surface area contributed by atoms with Gasteiger partial charge in [-0.15, -0.1) is 0 Å². The van der Waals surface area contributed by atoms with Gasteiger partial charge in [-0.25, -0.2) is 9.78 Å². The molecule has 0 spiro atoms. The molecule has 2 heterocycles. The minimum Gasteiger partial charge on any atom is -0.465 e. The van der Waals surface area contributed by atoms with Crippen molar-refractivity contribution >= 4 is 28.7 Å². The molecule has 1 aliphatic carbocycles. The van der Waals surface area contributed by atoms with E-state index in [1.807, 2.05) is 24.5 Å². The second-order valence-electron chi connectivity index (χ2n) is 7.38. The average molecular weight is 441 g/mol. The number of rotatable bonds is 9. The van der Waals surface area contributed by atoms with Crippen molar-refractivity contribution in [2.24, 2.45) is 0 Å². The lowest BCUT2D eigenvalue weighted by atomic mass is 9.79. The van der Waals surface area contributed by atoms with Gasteiger partial charge in [0.25, 0.3) is 0 Å². The van der Waals surface area contributed by atoms with Crippen molar-refractivity contribution < 1.29 is 24.1 Å². The highest BCUT2D eigenvalue weighted by Gasteiger charge is 2.41. The molecule has 166 valence electrons. The third-order valence-corrected chi connectivity index (χ3v) is 5.84. The van der Waals surface area contributed by atoms with Crippen LogP contribution in [0.5, 0.6) is 0 Å². The maximum atomic E-state index is 11.4. The van der Waals surface area contributed by atoms with Gasteiger partial charge in [-0.3, -0.25) is 0 Å². The van der Waals surface area contributed by atoms with E-state index >= 15 is 0 Å². The molecule has 2 aromatic heterocycles. The Morgan fingerprint density at radius 2 is 2.03 bits per heavy atom. The number of hydrogen-bond acceptors (Lipinski definition) is 6. The van der Waals surface area contributed by atoms with Crippen LogP contribution in [0.3, 0.4) is 0 Å². The molecular weight excluding hydrogens is 412 g/mol. The van der Waals surface area contributed by atoms with Gasteiger partial charge in [-0.1, -0.05) is 0 Å². The molecule has 2 aromatic rings. The number of nitrogens with one attached hydrogen (secondary N) is 1. The lowest BCUT2D eigenvalue weighted by Crippen LogP contribution is -2.49. The summed E-state index contributed by atoms with van der Waals surface area (Å²) in [5.74, 6) is 0. The van der Waals surface area contributed by atoms with Crippen LogP contribution in [0.1, 0.15) is 51.5 Å². The van der Waals surface area contributed by atoms with Crippen LogP contribution < -0.4 is 5.32 Å². The molecule has 0 radical (unpaired) electrons. The Morgan fingerprint density at radius 1 is 1.37 bits per heavy atom. The molecule has 1 amide bonds. The molecule has 0 bridgehead atoms. The van der Waals surface area contributed by atoms with Gasteiger partial charge in [0.2, 0.25) is 5.28 Å². The van der Waals surface area contributed by atoms with Crippen LogP contribution in [0, 0.1) is 0 Å². The maximum Gasteiger partial charge on any atom is 0.404 e. The fraction of sp³-hybridized carbons (Fsp3) is 0.650. The van der Waals surface area contributed by atoms with E-state index in [1.165, 1.54) is 0 Å². The summed E-state index contributed by atoms with van der Waals surface area (Å²) in [6.07, 6.45) is 3.12.